The summed E-state index contributed by atoms with van der Waals surface area (Å²) < 4.78 is 16.8. The van der Waals surface area contributed by atoms with Crippen LogP contribution in [0, 0.1) is 11.8 Å². The van der Waals surface area contributed by atoms with Gasteiger partial charge in [0.25, 0.3) is 0 Å². The Balaban J connectivity index is 1.34. The molecule has 0 radical (unpaired) electrons. The van der Waals surface area contributed by atoms with E-state index in [0.29, 0.717) is 18.2 Å². The molecule has 6 heteroatoms. The number of rotatable bonds is 13. The molecule has 0 saturated heterocycles. The summed E-state index contributed by atoms with van der Waals surface area (Å²) in [5, 5.41) is 6.93. The zero-order valence-electron chi connectivity index (χ0n) is 23.6. The Hall–Kier alpha value is -3.35. The van der Waals surface area contributed by atoms with E-state index in [2.05, 4.69) is 41.8 Å². The van der Waals surface area contributed by atoms with Crippen LogP contribution >= 0.6 is 0 Å². The van der Waals surface area contributed by atoms with Crippen molar-refractivity contribution in [2.45, 2.75) is 44.7 Å². The van der Waals surface area contributed by atoms with E-state index in [0.717, 1.165) is 28.5 Å². The zero-order valence-corrected chi connectivity index (χ0v) is 23.6. The molecule has 1 aliphatic rings. The molecule has 0 aliphatic heterocycles. The highest BCUT2D eigenvalue weighted by Crippen LogP contribution is 2.37. The first-order valence-corrected chi connectivity index (χ1v) is 13.9. The Labute approximate surface area is 233 Å². The summed E-state index contributed by atoms with van der Waals surface area (Å²) in [5.74, 6) is 3.56. The van der Waals surface area contributed by atoms with Crippen LogP contribution in [0.3, 0.4) is 0 Å². The predicted molar refractivity (Wildman–Crippen MR) is 156 cm³/mol. The van der Waals surface area contributed by atoms with Gasteiger partial charge in [0.05, 0.1) is 26.8 Å². The minimum atomic E-state index is -0.0663. The molecule has 208 valence electrons. The summed E-state index contributed by atoms with van der Waals surface area (Å²) in [6.45, 7) is 2.67. The molecule has 2 atom stereocenters. The average Bonchev–Trinajstić information content (AvgIpc) is 2.98. The largest absolute Gasteiger partial charge is 0.497 e. The number of carbonyl (C=O) groups excluding carboxylic acids is 1. The van der Waals surface area contributed by atoms with Gasteiger partial charge in [0.2, 0.25) is 0 Å². The lowest BCUT2D eigenvalue weighted by atomic mass is 9.77. The molecular formula is C33H42N2O4. The number of nitrogens with one attached hydrogen (secondary N) is 2. The third kappa shape index (κ3) is 7.61. The number of ketones is 1. The van der Waals surface area contributed by atoms with E-state index in [9.17, 15) is 4.79 Å². The van der Waals surface area contributed by atoms with Crippen LogP contribution in [0.1, 0.15) is 61.4 Å². The van der Waals surface area contributed by atoms with Gasteiger partial charge in [-0.2, -0.15) is 0 Å². The number of hydrogen-bond acceptors (Lipinski definition) is 6. The fourth-order valence-corrected chi connectivity index (χ4v) is 5.59. The van der Waals surface area contributed by atoms with Gasteiger partial charge < -0.3 is 24.8 Å². The van der Waals surface area contributed by atoms with Gasteiger partial charge in [0, 0.05) is 17.7 Å². The highest BCUT2D eigenvalue weighted by Gasteiger charge is 2.27. The van der Waals surface area contributed by atoms with Crippen molar-refractivity contribution in [3.8, 4) is 17.2 Å². The van der Waals surface area contributed by atoms with Crippen LogP contribution in [-0.4, -0.2) is 40.2 Å². The molecule has 0 aromatic heterocycles. The Morgan fingerprint density at radius 2 is 1.56 bits per heavy atom. The first-order chi connectivity index (χ1) is 19.0. The van der Waals surface area contributed by atoms with Crippen molar-refractivity contribution in [2.24, 2.45) is 11.8 Å². The normalized spacial score (nSPS) is 18.7. The molecule has 6 nitrogen and oxygen atoms in total. The van der Waals surface area contributed by atoms with E-state index in [-0.39, 0.29) is 24.5 Å². The standard InChI is InChI=1S/C33H42N2O4/c1-23-10-12-25(13-11-23)32(24-8-6-5-7-9-24)35-21-27(36)22-39-28-16-14-26(15-17-28)33(34-2)30-19-18-29(37-3)20-31(30)38-4/h5-9,14-20,23,25,32-35H,10-13,21-22H2,1-4H3. The second-order valence-electron chi connectivity index (χ2n) is 10.5. The van der Waals surface area contributed by atoms with Gasteiger partial charge >= 0.3 is 0 Å². The molecule has 3 aromatic carbocycles. The van der Waals surface area contributed by atoms with E-state index >= 15 is 0 Å². The number of methoxy groups -OCH3 is 2. The quantitative estimate of drug-likeness (QED) is 0.278. The van der Waals surface area contributed by atoms with E-state index in [4.69, 9.17) is 14.2 Å². The van der Waals surface area contributed by atoms with Gasteiger partial charge in [0.1, 0.15) is 23.9 Å². The predicted octanol–water partition coefficient (Wildman–Crippen LogP) is 6.12. The van der Waals surface area contributed by atoms with Crippen LogP contribution in [0.4, 0.5) is 0 Å². The Kier molecular flexibility index (Phi) is 10.4. The van der Waals surface area contributed by atoms with Gasteiger partial charge in [-0.3, -0.25) is 4.79 Å². The molecule has 2 N–H and O–H groups in total. The molecular weight excluding hydrogens is 488 g/mol. The summed E-state index contributed by atoms with van der Waals surface area (Å²) in [4.78, 5) is 12.8. The lowest BCUT2D eigenvalue weighted by Gasteiger charge is -2.33. The summed E-state index contributed by atoms with van der Waals surface area (Å²) in [7, 11) is 5.22. The maximum absolute atomic E-state index is 12.8. The van der Waals surface area contributed by atoms with Crippen LogP contribution in [0.2, 0.25) is 0 Å². The van der Waals surface area contributed by atoms with Crippen molar-refractivity contribution in [2.75, 3.05) is 34.4 Å². The number of Topliss-reactive ketones (excluding diaryl/α,β-unsaturated/α-hetero) is 1. The molecule has 4 rings (SSSR count). The molecule has 0 bridgehead atoms. The number of carbonyl (C=O) groups is 1. The first kappa shape index (κ1) is 28.7. The van der Waals surface area contributed by atoms with Crippen molar-refractivity contribution in [1.29, 1.82) is 0 Å². The minimum absolute atomic E-state index is 0.0390. The smallest absolute Gasteiger partial charge is 0.183 e. The van der Waals surface area contributed by atoms with E-state index in [1.807, 2.05) is 55.6 Å². The highest BCUT2D eigenvalue weighted by molar-refractivity contribution is 5.82. The first-order valence-electron chi connectivity index (χ1n) is 13.9. The molecule has 0 spiro atoms. The lowest BCUT2D eigenvalue weighted by Crippen LogP contribution is -2.35. The molecule has 0 amide bonds. The molecule has 0 heterocycles. The topological polar surface area (TPSA) is 68.8 Å². The average molecular weight is 531 g/mol. The van der Waals surface area contributed by atoms with Gasteiger partial charge in [-0.05, 0) is 67.1 Å². The molecule has 3 aromatic rings. The summed E-state index contributed by atoms with van der Waals surface area (Å²) in [6.07, 6.45) is 4.90. The van der Waals surface area contributed by atoms with Gasteiger partial charge in [-0.25, -0.2) is 0 Å². The van der Waals surface area contributed by atoms with Gasteiger partial charge in [0.15, 0.2) is 5.78 Å². The monoisotopic (exact) mass is 530 g/mol. The lowest BCUT2D eigenvalue weighted by molar-refractivity contribution is -0.120. The summed E-state index contributed by atoms with van der Waals surface area (Å²) in [6, 6.07) is 24.3. The fourth-order valence-electron chi connectivity index (χ4n) is 5.59. The molecule has 39 heavy (non-hydrogen) atoms. The van der Waals surface area contributed by atoms with E-state index in [1.54, 1.807) is 14.2 Å². The van der Waals surface area contributed by atoms with Crippen LogP contribution in [-0.2, 0) is 4.79 Å². The van der Waals surface area contributed by atoms with Crippen LogP contribution in [0.25, 0.3) is 0 Å². The van der Waals surface area contributed by atoms with Gasteiger partial charge in [-0.15, -0.1) is 0 Å². The summed E-state index contributed by atoms with van der Waals surface area (Å²) in [5.41, 5.74) is 3.33. The third-order valence-electron chi connectivity index (χ3n) is 7.86. The maximum atomic E-state index is 12.8. The van der Waals surface area contributed by atoms with Crippen molar-refractivity contribution >= 4 is 5.78 Å². The van der Waals surface area contributed by atoms with Crippen LogP contribution in [0.5, 0.6) is 17.2 Å². The molecule has 1 aliphatic carbocycles. The molecule has 1 saturated carbocycles. The minimum Gasteiger partial charge on any atom is -0.497 e. The Bertz CT molecular complexity index is 1170. The second kappa shape index (κ2) is 14.2. The highest BCUT2D eigenvalue weighted by atomic mass is 16.5. The fraction of sp³-hybridized carbons (Fsp3) is 0.424. The van der Waals surface area contributed by atoms with E-state index in [1.165, 1.54) is 31.2 Å². The Morgan fingerprint density at radius 3 is 2.21 bits per heavy atom. The van der Waals surface area contributed by atoms with Crippen molar-refractivity contribution in [3.63, 3.8) is 0 Å². The van der Waals surface area contributed by atoms with Crippen molar-refractivity contribution < 1.29 is 19.0 Å². The molecule has 1 fully saturated rings. The molecule has 2 unspecified atom stereocenters. The number of ether oxygens (including phenoxy) is 3. The Morgan fingerprint density at radius 1 is 0.872 bits per heavy atom. The maximum Gasteiger partial charge on any atom is 0.183 e. The van der Waals surface area contributed by atoms with Crippen LogP contribution in [0.15, 0.2) is 72.8 Å². The van der Waals surface area contributed by atoms with Crippen molar-refractivity contribution in [1.82, 2.24) is 10.6 Å². The van der Waals surface area contributed by atoms with Crippen molar-refractivity contribution in [3.05, 3.63) is 89.5 Å². The van der Waals surface area contributed by atoms with Gasteiger partial charge in [-0.1, -0.05) is 62.2 Å². The van der Waals surface area contributed by atoms with Crippen LogP contribution < -0.4 is 24.8 Å². The zero-order chi connectivity index (χ0) is 27.6. The van der Waals surface area contributed by atoms with E-state index < -0.39 is 0 Å². The SMILES string of the molecule is CNC(c1ccc(OCC(=O)CNC(c2ccccc2)C2CCC(C)CC2)cc1)c1ccc(OC)cc1OC. The number of benzene rings is 3. The number of hydrogen-bond donors (Lipinski definition) is 2. The summed E-state index contributed by atoms with van der Waals surface area (Å²) >= 11 is 0. The third-order valence-corrected chi connectivity index (χ3v) is 7.86. The second-order valence-corrected chi connectivity index (χ2v) is 10.5.